The van der Waals surface area contributed by atoms with Gasteiger partial charge in [-0.25, -0.2) is 18.6 Å². The van der Waals surface area contributed by atoms with Crippen molar-refractivity contribution in [3.63, 3.8) is 0 Å². The molecule has 0 bridgehead atoms. The van der Waals surface area contributed by atoms with Gasteiger partial charge in [0.1, 0.15) is 6.04 Å². The van der Waals surface area contributed by atoms with E-state index in [0.29, 0.717) is 10.9 Å². The number of hydrazine groups is 1. The Hall–Kier alpha value is -0.710. The molecule has 140 valence electrons. The van der Waals surface area contributed by atoms with Crippen molar-refractivity contribution >= 4 is 43.5 Å². The lowest BCUT2D eigenvalue weighted by Gasteiger charge is -2.19. The molecule has 10 heteroatoms. The SMILES string of the molecule is CC(C)C1NNC(C(=O)NCCNS(=O)(=O)c2cccc(Cl)c2)C1Br. The number of hydrogen-bond donors (Lipinski definition) is 4. The number of benzene rings is 1. The minimum Gasteiger partial charge on any atom is -0.353 e. The summed E-state index contributed by atoms with van der Waals surface area (Å²) in [6.45, 7) is 4.40. The van der Waals surface area contributed by atoms with Crippen LogP contribution < -0.4 is 20.9 Å². The molecule has 0 saturated carbocycles. The van der Waals surface area contributed by atoms with Crippen molar-refractivity contribution in [1.82, 2.24) is 20.9 Å². The van der Waals surface area contributed by atoms with Gasteiger partial charge < -0.3 is 5.32 Å². The molecule has 1 heterocycles. The molecule has 7 nitrogen and oxygen atoms in total. The van der Waals surface area contributed by atoms with Gasteiger partial charge in [0.25, 0.3) is 0 Å². The Morgan fingerprint density at radius 3 is 2.64 bits per heavy atom. The van der Waals surface area contributed by atoms with Gasteiger partial charge in [-0.3, -0.25) is 10.2 Å². The maximum atomic E-state index is 12.2. The quantitative estimate of drug-likeness (QED) is 0.365. The summed E-state index contributed by atoms with van der Waals surface area (Å²) < 4.78 is 26.7. The van der Waals surface area contributed by atoms with Crippen LogP contribution in [0, 0.1) is 5.92 Å². The van der Waals surface area contributed by atoms with Crippen molar-refractivity contribution in [2.45, 2.75) is 35.7 Å². The molecule has 1 saturated heterocycles. The number of rotatable bonds is 7. The van der Waals surface area contributed by atoms with Crippen LogP contribution in [0.4, 0.5) is 0 Å². The highest BCUT2D eigenvalue weighted by molar-refractivity contribution is 9.09. The largest absolute Gasteiger partial charge is 0.353 e. The number of nitrogens with one attached hydrogen (secondary N) is 4. The summed E-state index contributed by atoms with van der Waals surface area (Å²) in [4.78, 5) is 12.3. The van der Waals surface area contributed by atoms with E-state index in [2.05, 4.69) is 50.7 Å². The average molecular weight is 454 g/mol. The van der Waals surface area contributed by atoms with Gasteiger partial charge in [-0.2, -0.15) is 0 Å². The molecule has 1 aromatic rings. The number of amides is 1. The van der Waals surface area contributed by atoms with Crippen molar-refractivity contribution in [1.29, 1.82) is 0 Å². The summed E-state index contributed by atoms with van der Waals surface area (Å²) in [5.41, 5.74) is 6.06. The molecule has 4 N–H and O–H groups in total. The second kappa shape index (κ2) is 8.79. The van der Waals surface area contributed by atoms with Gasteiger partial charge in [0.15, 0.2) is 0 Å². The zero-order valence-electron chi connectivity index (χ0n) is 13.9. The minimum atomic E-state index is -3.65. The van der Waals surface area contributed by atoms with E-state index in [9.17, 15) is 13.2 Å². The third-order valence-corrected chi connectivity index (χ3v) is 6.68. The van der Waals surface area contributed by atoms with Crippen LogP contribution in [0.1, 0.15) is 13.8 Å². The molecule has 1 fully saturated rings. The normalized spacial score (nSPS) is 23.8. The van der Waals surface area contributed by atoms with Crippen LogP contribution in [0.25, 0.3) is 0 Å². The molecule has 0 radical (unpaired) electrons. The molecule has 1 aliphatic rings. The van der Waals surface area contributed by atoms with E-state index in [1.807, 2.05) is 0 Å². The fraction of sp³-hybridized carbons (Fsp3) is 0.533. The number of hydrogen-bond acceptors (Lipinski definition) is 5. The van der Waals surface area contributed by atoms with Crippen LogP contribution in [0.15, 0.2) is 29.2 Å². The summed E-state index contributed by atoms with van der Waals surface area (Å²) >= 11 is 9.35. The summed E-state index contributed by atoms with van der Waals surface area (Å²) in [7, 11) is -3.65. The lowest BCUT2D eigenvalue weighted by molar-refractivity contribution is -0.122. The van der Waals surface area contributed by atoms with Gasteiger partial charge in [-0.15, -0.1) is 0 Å². The van der Waals surface area contributed by atoms with Crippen molar-refractivity contribution in [3.8, 4) is 0 Å². The Labute approximate surface area is 161 Å². The standard InChI is InChI=1S/C15H22BrClN4O3S/c1-9(2)13-12(16)14(21-20-13)15(22)18-6-7-19-25(23,24)11-5-3-4-10(17)8-11/h3-5,8-9,12-14,19-21H,6-7H2,1-2H3,(H,18,22). The second-order valence-electron chi connectivity index (χ2n) is 6.13. The van der Waals surface area contributed by atoms with Gasteiger partial charge in [0.05, 0.1) is 9.72 Å². The molecule has 0 aliphatic carbocycles. The van der Waals surface area contributed by atoms with Crippen LogP contribution in [-0.4, -0.2) is 44.3 Å². The van der Waals surface area contributed by atoms with E-state index in [1.165, 1.54) is 12.1 Å². The number of carbonyl (C=O) groups is 1. The van der Waals surface area contributed by atoms with Gasteiger partial charge in [0.2, 0.25) is 15.9 Å². The molecule has 1 amide bonds. The summed E-state index contributed by atoms with van der Waals surface area (Å²) in [5, 5.41) is 3.07. The third kappa shape index (κ3) is 5.38. The fourth-order valence-electron chi connectivity index (χ4n) is 2.50. The van der Waals surface area contributed by atoms with Gasteiger partial charge in [-0.05, 0) is 24.1 Å². The van der Waals surface area contributed by atoms with E-state index < -0.39 is 16.1 Å². The number of sulfonamides is 1. The van der Waals surface area contributed by atoms with Crippen molar-refractivity contribution in [2.75, 3.05) is 13.1 Å². The van der Waals surface area contributed by atoms with Crippen LogP contribution in [-0.2, 0) is 14.8 Å². The molecule has 25 heavy (non-hydrogen) atoms. The first kappa shape index (κ1) is 20.6. The zero-order valence-corrected chi connectivity index (χ0v) is 17.1. The maximum absolute atomic E-state index is 12.2. The van der Waals surface area contributed by atoms with E-state index in [0.717, 1.165) is 0 Å². The monoisotopic (exact) mass is 452 g/mol. The Bertz CT molecular complexity index is 716. The predicted octanol–water partition coefficient (Wildman–Crippen LogP) is 0.999. The van der Waals surface area contributed by atoms with Crippen molar-refractivity contribution in [2.24, 2.45) is 5.92 Å². The van der Waals surface area contributed by atoms with Crippen molar-refractivity contribution in [3.05, 3.63) is 29.3 Å². The number of alkyl halides is 1. The van der Waals surface area contributed by atoms with Crippen LogP contribution >= 0.6 is 27.5 Å². The van der Waals surface area contributed by atoms with Gasteiger partial charge >= 0.3 is 0 Å². The van der Waals surface area contributed by atoms with Crippen molar-refractivity contribution < 1.29 is 13.2 Å². The molecule has 0 aromatic heterocycles. The number of carbonyl (C=O) groups excluding carboxylic acids is 1. The molecule has 3 atom stereocenters. The highest BCUT2D eigenvalue weighted by Gasteiger charge is 2.39. The van der Waals surface area contributed by atoms with Crippen LogP contribution in [0.5, 0.6) is 0 Å². The first-order valence-electron chi connectivity index (χ1n) is 7.90. The van der Waals surface area contributed by atoms with Gasteiger partial charge in [-0.1, -0.05) is 47.4 Å². The molecule has 1 aliphatic heterocycles. The molecule has 2 rings (SSSR count). The van der Waals surface area contributed by atoms with E-state index in [-0.39, 0.29) is 34.8 Å². The minimum absolute atomic E-state index is 0.0457. The lowest BCUT2D eigenvalue weighted by atomic mass is 9.99. The molecule has 0 spiro atoms. The molecule has 3 unspecified atom stereocenters. The Morgan fingerprint density at radius 1 is 1.32 bits per heavy atom. The first-order chi connectivity index (χ1) is 11.7. The predicted molar refractivity (Wildman–Crippen MR) is 101 cm³/mol. The highest BCUT2D eigenvalue weighted by Crippen LogP contribution is 2.21. The summed E-state index contributed by atoms with van der Waals surface area (Å²) in [5.74, 6) is 0.165. The van der Waals surface area contributed by atoms with E-state index in [1.54, 1.807) is 12.1 Å². The van der Waals surface area contributed by atoms with Crippen LogP contribution in [0.3, 0.4) is 0 Å². The molecule has 1 aromatic carbocycles. The maximum Gasteiger partial charge on any atom is 0.240 e. The van der Waals surface area contributed by atoms with Gasteiger partial charge in [0, 0.05) is 24.2 Å². The molecular weight excluding hydrogens is 432 g/mol. The van der Waals surface area contributed by atoms with E-state index >= 15 is 0 Å². The third-order valence-electron chi connectivity index (χ3n) is 3.89. The molecular formula is C15H22BrClN4O3S. The lowest BCUT2D eigenvalue weighted by Crippen LogP contribution is -2.47. The average Bonchev–Trinajstić information content (AvgIpc) is 2.93. The smallest absolute Gasteiger partial charge is 0.240 e. The zero-order chi connectivity index (χ0) is 18.6. The van der Waals surface area contributed by atoms with Crippen LogP contribution in [0.2, 0.25) is 5.02 Å². The topological polar surface area (TPSA) is 99.3 Å². The second-order valence-corrected chi connectivity index (χ2v) is 9.39. The van der Waals surface area contributed by atoms with E-state index in [4.69, 9.17) is 11.6 Å². The Kier molecular flexibility index (Phi) is 7.24. The Morgan fingerprint density at radius 2 is 2.04 bits per heavy atom. The number of halogens is 2. The fourth-order valence-corrected chi connectivity index (χ4v) is 4.94. The Balaban J connectivity index is 1.80. The first-order valence-corrected chi connectivity index (χ1v) is 10.7. The highest BCUT2D eigenvalue weighted by atomic mass is 79.9. The summed E-state index contributed by atoms with van der Waals surface area (Å²) in [6.07, 6.45) is 0. The summed E-state index contributed by atoms with van der Waals surface area (Å²) in [6, 6.07) is 5.72.